The first-order chi connectivity index (χ1) is 23.1. The number of hydrogen-bond donors (Lipinski definition) is 5. The summed E-state index contributed by atoms with van der Waals surface area (Å²) in [6, 6.07) is 14.3. The van der Waals surface area contributed by atoms with Crippen molar-refractivity contribution in [2.75, 3.05) is 18.6 Å². The van der Waals surface area contributed by atoms with Crippen molar-refractivity contribution in [2.45, 2.75) is 82.3 Å². The van der Waals surface area contributed by atoms with Crippen LogP contribution in [-0.2, 0) is 41.7 Å². The zero-order valence-corrected chi connectivity index (χ0v) is 28.1. The molecule has 5 N–H and O–H groups in total. The van der Waals surface area contributed by atoms with Gasteiger partial charge in [0.25, 0.3) is 0 Å². The minimum absolute atomic E-state index is 0.0105. The second-order valence-corrected chi connectivity index (χ2v) is 12.6. The number of benzene rings is 2. The molecule has 0 aromatic heterocycles. The Labute approximate surface area is 284 Å². The molecule has 2 aromatic carbocycles. The van der Waals surface area contributed by atoms with Crippen molar-refractivity contribution < 1.29 is 38.6 Å². The molecule has 1 fully saturated rings. The van der Waals surface area contributed by atoms with Crippen LogP contribution < -0.4 is 21.3 Å². The summed E-state index contributed by atoms with van der Waals surface area (Å²) in [4.78, 5) is 76.7. The van der Waals surface area contributed by atoms with E-state index in [2.05, 4.69) is 21.3 Å². The molecule has 0 aliphatic carbocycles. The number of nitrogens with zero attached hydrogens (tertiary/aromatic N) is 1. The third kappa shape index (κ3) is 11.9. The number of alkyl carbamates (subject to hydrolysis) is 1. The molecule has 0 bridgehead atoms. The number of carbonyl (C=O) groups is 6. The van der Waals surface area contributed by atoms with E-state index in [-0.39, 0.29) is 43.8 Å². The summed E-state index contributed by atoms with van der Waals surface area (Å²) in [5.74, 6) is -1.75. The molecule has 0 saturated carbocycles. The number of thioether (sulfide) groups is 1. The Morgan fingerprint density at radius 1 is 0.979 bits per heavy atom. The summed E-state index contributed by atoms with van der Waals surface area (Å²) in [6.45, 7) is 2.06. The average molecular weight is 684 g/mol. The maximum Gasteiger partial charge on any atom is 0.408 e. The van der Waals surface area contributed by atoms with Crippen LogP contribution in [0.4, 0.5) is 4.79 Å². The van der Waals surface area contributed by atoms with E-state index in [0.29, 0.717) is 37.8 Å². The molecule has 5 amide bonds. The monoisotopic (exact) mass is 683 g/mol. The van der Waals surface area contributed by atoms with Crippen molar-refractivity contribution in [1.29, 1.82) is 0 Å². The maximum absolute atomic E-state index is 13.6. The normalized spacial score (nSPS) is 17.5. The molecule has 1 aliphatic heterocycles. The van der Waals surface area contributed by atoms with Gasteiger partial charge in [-0.05, 0) is 62.2 Å². The fourth-order valence-electron chi connectivity index (χ4n) is 5.54. The number of unbranched alkanes of at least 4 members (excludes halogenated alkanes) is 1. The van der Waals surface area contributed by atoms with Crippen LogP contribution in [0.5, 0.6) is 0 Å². The van der Waals surface area contributed by atoms with Gasteiger partial charge in [-0.25, -0.2) is 9.59 Å². The van der Waals surface area contributed by atoms with Crippen molar-refractivity contribution in [1.82, 2.24) is 26.2 Å². The number of carbonyl (C=O) groups excluding carboxylic acids is 5. The predicted molar refractivity (Wildman–Crippen MR) is 181 cm³/mol. The highest BCUT2D eigenvalue weighted by molar-refractivity contribution is 7.98. The molecular weight excluding hydrogens is 638 g/mol. The fourth-order valence-corrected chi connectivity index (χ4v) is 6.01. The van der Waals surface area contributed by atoms with Crippen LogP contribution in [0.1, 0.15) is 50.2 Å². The minimum atomic E-state index is -1.20. The van der Waals surface area contributed by atoms with Crippen LogP contribution in [-0.4, -0.2) is 95.0 Å². The first kappa shape index (κ1) is 37.9. The van der Waals surface area contributed by atoms with Crippen LogP contribution in [0.3, 0.4) is 0 Å². The third-order valence-corrected chi connectivity index (χ3v) is 8.69. The van der Waals surface area contributed by atoms with Gasteiger partial charge >= 0.3 is 12.1 Å². The lowest BCUT2D eigenvalue weighted by atomic mass is 10.0. The third-order valence-electron chi connectivity index (χ3n) is 8.05. The van der Waals surface area contributed by atoms with E-state index in [1.807, 2.05) is 49.6 Å². The van der Waals surface area contributed by atoms with E-state index in [1.165, 1.54) is 16.7 Å². The number of likely N-dealkylation sites (tertiary alicyclic amines) is 1. The van der Waals surface area contributed by atoms with Gasteiger partial charge in [-0.3, -0.25) is 19.2 Å². The summed E-state index contributed by atoms with van der Waals surface area (Å²) >= 11 is 1.54. The molecule has 1 saturated heterocycles. The van der Waals surface area contributed by atoms with Gasteiger partial charge in [0.2, 0.25) is 24.1 Å². The number of nitrogens with one attached hydrogen (secondary N) is 4. The Hall–Kier alpha value is -4.59. The lowest BCUT2D eigenvalue weighted by Gasteiger charge is -2.31. The summed E-state index contributed by atoms with van der Waals surface area (Å²) in [7, 11) is 0. The fraction of sp³-hybridized carbons (Fsp3) is 0.471. The second-order valence-electron chi connectivity index (χ2n) is 11.6. The molecular formula is C34H45N5O8S. The molecule has 48 heavy (non-hydrogen) atoms. The standard InChI is InChI=1S/C34H45N5O8S/c1-23-19-28(37-30(41)26(36-22-40)16-18-48-2)32(43)39(23)29(20-24-11-5-3-6-12-24)31(42)35-17-10-9-15-27(33(44)45)38-34(46)47-21-25-13-7-4-8-14-25/h3-8,11-14,22-23,26-29H,9-10,15-21H2,1-2H3,(H,35,42)(H,36,40)(H,37,41)(H,38,46)(H,44,45)/t23?,26-,27-,28-,29-/m0/s1. The Morgan fingerprint density at radius 2 is 1.65 bits per heavy atom. The predicted octanol–water partition coefficient (Wildman–Crippen LogP) is 2.24. The quantitative estimate of drug-likeness (QED) is 0.103. The van der Waals surface area contributed by atoms with Crippen LogP contribution in [0.25, 0.3) is 0 Å². The molecule has 13 nitrogen and oxygen atoms in total. The molecule has 0 spiro atoms. The van der Waals surface area contributed by atoms with E-state index in [9.17, 15) is 33.9 Å². The SMILES string of the molecule is CSCC[C@H](NC=O)C(=O)N[C@H]1CC(C)N([C@@H](Cc2ccccc2)C(=O)NCCCC[C@H](NC(=O)OCc2ccccc2)C(=O)O)C1=O. The average Bonchev–Trinajstić information content (AvgIpc) is 3.35. The topological polar surface area (TPSA) is 183 Å². The van der Waals surface area contributed by atoms with Crippen LogP contribution in [0, 0.1) is 0 Å². The Morgan fingerprint density at radius 3 is 2.27 bits per heavy atom. The summed E-state index contributed by atoms with van der Waals surface area (Å²) in [5.41, 5.74) is 1.63. The van der Waals surface area contributed by atoms with Gasteiger partial charge in [0.05, 0.1) is 0 Å². The Kier molecular flexibility index (Phi) is 15.7. The van der Waals surface area contributed by atoms with Gasteiger partial charge in [0, 0.05) is 19.0 Å². The van der Waals surface area contributed by atoms with Crippen LogP contribution in [0.15, 0.2) is 60.7 Å². The van der Waals surface area contributed by atoms with Crippen molar-refractivity contribution in [3.05, 3.63) is 71.8 Å². The molecule has 1 aliphatic rings. The molecule has 0 radical (unpaired) electrons. The maximum atomic E-state index is 13.6. The summed E-state index contributed by atoms with van der Waals surface area (Å²) in [5, 5.41) is 20.1. The molecule has 14 heteroatoms. The zero-order chi connectivity index (χ0) is 34.9. The number of carboxylic acids is 1. The summed E-state index contributed by atoms with van der Waals surface area (Å²) in [6.07, 6.45) is 3.43. The summed E-state index contributed by atoms with van der Waals surface area (Å²) < 4.78 is 5.13. The largest absolute Gasteiger partial charge is 0.480 e. The number of rotatable bonds is 20. The second kappa shape index (κ2) is 19.9. The highest BCUT2D eigenvalue weighted by atomic mass is 32.2. The number of carboxylic acid groups (broad SMARTS) is 1. The highest BCUT2D eigenvalue weighted by Gasteiger charge is 2.44. The van der Waals surface area contributed by atoms with Crippen LogP contribution >= 0.6 is 11.8 Å². The zero-order valence-electron chi connectivity index (χ0n) is 27.3. The van der Waals surface area contributed by atoms with Gasteiger partial charge < -0.3 is 36.0 Å². The number of ether oxygens (including phenoxy) is 1. The van der Waals surface area contributed by atoms with Gasteiger partial charge in [0.15, 0.2) is 0 Å². The van der Waals surface area contributed by atoms with Gasteiger partial charge in [-0.2, -0.15) is 11.8 Å². The van der Waals surface area contributed by atoms with Gasteiger partial charge in [0.1, 0.15) is 30.8 Å². The smallest absolute Gasteiger partial charge is 0.408 e. The van der Waals surface area contributed by atoms with Crippen molar-refractivity contribution in [3.8, 4) is 0 Å². The lowest BCUT2D eigenvalue weighted by molar-refractivity contribution is -0.140. The van der Waals surface area contributed by atoms with E-state index < -0.39 is 42.1 Å². The van der Waals surface area contributed by atoms with E-state index >= 15 is 0 Å². The van der Waals surface area contributed by atoms with Crippen molar-refractivity contribution in [3.63, 3.8) is 0 Å². The van der Waals surface area contributed by atoms with Crippen LogP contribution in [0.2, 0.25) is 0 Å². The first-order valence-corrected chi connectivity index (χ1v) is 17.4. The first-order valence-electron chi connectivity index (χ1n) is 16.0. The number of aliphatic carboxylic acids is 1. The van der Waals surface area contributed by atoms with Crippen molar-refractivity contribution >= 4 is 48.0 Å². The minimum Gasteiger partial charge on any atom is -0.480 e. The number of amides is 5. The molecule has 1 unspecified atom stereocenters. The van der Waals surface area contributed by atoms with Crippen molar-refractivity contribution in [2.24, 2.45) is 0 Å². The molecule has 1 heterocycles. The molecule has 3 rings (SSSR count). The molecule has 2 aromatic rings. The molecule has 5 atom stereocenters. The Bertz CT molecular complexity index is 1370. The van der Waals surface area contributed by atoms with E-state index in [0.717, 1.165) is 11.1 Å². The van der Waals surface area contributed by atoms with E-state index in [4.69, 9.17) is 4.74 Å². The highest BCUT2D eigenvalue weighted by Crippen LogP contribution is 2.24. The van der Waals surface area contributed by atoms with E-state index in [1.54, 1.807) is 24.3 Å². The van der Waals surface area contributed by atoms with Gasteiger partial charge in [-0.1, -0.05) is 60.7 Å². The lowest BCUT2D eigenvalue weighted by Crippen LogP contribution is -2.54. The van der Waals surface area contributed by atoms with Gasteiger partial charge in [-0.15, -0.1) is 0 Å². The Balaban J connectivity index is 1.57. The number of hydrogen-bond acceptors (Lipinski definition) is 8. The molecule has 260 valence electrons.